The number of nitrogens with one attached hydrogen (secondary N) is 1. The zero-order chi connectivity index (χ0) is 23.9. The quantitative estimate of drug-likeness (QED) is 0.164. The second-order valence-corrected chi connectivity index (χ2v) is 10.9. The molecule has 1 aromatic rings. The fourth-order valence-electron chi connectivity index (χ4n) is 2.38. The lowest BCUT2D eigenvalue weighted by molar-refractivity contribution is -0.0509. The van der Waals surface area contributed by atoms with Crippen molar-refractivity contribution in [3.63, 3.8) is 0 Å². The molecular formula is C10H13ClN3O14P3. The van der Waals surface area contributed by atoms with Gasteiger partial charge >= 0.3 is 29.2 Å². The molecule has 0 radical (unpaired) electrons. The van der Waals surface area contributed by atoms with E-state index in [0.29, 0.717) is 4.57 Å². The van der Waals surface area contributed by atoms with Crippen LogP contribution in [0.1, 0.15) is 0 Å². The molecule has 31 heavy (non-hydrogen) atoms. The van der Waals surface area contributed by atoms with Crippen molar-refractivity contribution in [2.24, 2.45) is 0 Å². The van der Waals surface area contributed by atoms with Crippen LogP contribution >= 0.6 is 35.1 Å². The van der Waals surface area contributed by atoms with Gasteiger partial charge in [-0.05, 0) is 0 Å². The molecule has 1 aliphatic rings. The molecule has 2 unspecified atom stereocenters. The molecule has 0 saturated carbocycles. The molecule has 2 heterocycles. The van der Waals surface area contributed by atoms with E-state index in [0.717, 1.165) is 12.3 Å². The van der Waals surface area contributed by atoms with Crippen molar-refractivity contribution in [3.8, 4) is 6.07 Å². The summed E-state index contributed by atoms with van der Waals surface area (Å²) in [5, 5.41) is 19.9. The van der Waals surface area contributed by atoms with Crippen LogP contribution in [-0.4, -0.2) is 59.2 Å². The Morgan fingerprint density at radius 2 is 1.87 bits per heavy atom. The minimum Gasteiger partial charge on any atom is -0.385 e. The van der Waals surface area contributed by atoms with Crippen LogP contribution in [0.5, 0.6) is 0 Å². The van der Waals surface area contributed by atoms with Crippen LogP contribution in [0.3, 0.4) is 0 Å². The maximum atomic E-state index is 12.0. The number of hydrogen-bond donors (Lipinski definition) is 6. The number of aliphatic hydroxyl groups excluding tert-OH is 1. The van der Waals surface area contributed by atoms with Crippen LogP contribution < -0.4 is 11.2 Å². The lowest BCUT2D eigenvalue weighted by Gasteiger charge is -2.30. The Labute approximate surface area is 175 Å². The van der Waals surface area contributed by atoms with Gasteiger partial charge in [0.2, 0.25) is 5.60 Å². The molecule has 1 saturated heterocycles. The van der Waals surface area contributed by atoms with Crippen molar-refractivity contribution in [2.45, 2.75) is 16.7 Å². The van der Waals surface area contributed by atoms with Crippen LogP contribution in [0.25, 0.3) is 0 Å². The van der Waals surface area contributed by atoms with E-state index >= 15 is 0 Å². The van der Waals surface area contributed by atoms with Crippen molar-refractivity contribution in [2.75, 3.05) is 13.2 Å². The average molecular weight is 528 g/mol. The number of rotatable bonds is 8. The molecule has 0 spiro atoms. The first kappa shape index (κ1) is 26.0. The largest absolute Gasteiger partial charge is 0.490 e. The monoisotopic (exact) mass is 527 g/mol. The highest BCUT2D eigenvalue weighted by Gasteiger charge is 2.61. The zero-order valence-corrected chi connectivity index (χ0v) is 18.1. The number of aliphatic hydroxyl groups is 1. The highest BCUT2D eigenvalue weighted by atomic mass is 35.5. The number of aromatic amines is 1. The van der Waals surface area contributed by atoms with Gasteiger partial charge in [0.15, 0.2) is 5.00 Å². The SMILES string of the molecule is N#C[C@]1(COP(=O)(O)OP(=O)(O)OP(=O)(O)O)OC[C@](Cl)(n2ccc(=O)[nH]c2=O)[C@@H]1O. The number of phosphoric acid groups is 3. The summed E-state index contributed by atoms with van der Waals surface area (Å²) in [6, 6.07) is 2.28. The number of nitriles is 1. The molecule has 1 fully saturated rings. The standard InChI is InChI=1S/C10H13ClN3O14P3/c11-10(14-2-1-6(15)13-8(14)17)5-25-9(3-12,7(10)16)4-26-30(21,22)28-31(23,24)27-29(18,19)20/h1-2,7,16H,4-5H2,(H,21,22)(H,23,24)(H,13,15,17)(H2,18,19,20)/t7-,9-,10+/m1/s1. The van der Waals surface area contributed by atoms with Gasteiger partial charge in [-0.1, -0.05) is 11.6 Å². The fraction of sp³-hybridized carbons (Fsp3) is 0.500. The summed E-state index contributed by atoms with van der Waals surface area (Å²) >= 11 is 6.20. The van der Waals surface area contributed by atoms with Crippen molar-refractivity contribution in [1.29, 1.82) is 5.26 Å². The minimum absolute atomic E-state index is 0.616. The van der Waals surface area contributed by atoms with Crippen LogP contribution in [0.2, 0.25) is 0 Å². The van der Waals surface area contributed by atoms with E-state index in [2.05, 4.69) is 13.1 Å². The maximum absolute atomic E-state index is 12.0. The predicted molar refractivity (Wildman–Crippen MR) is 95.3 cm³/mol. The molecule has 0 amide bonds. The summed E-state index contributed by atoms with van der Waals surface area (Å²) in [5.41, 5.74) is -4.43. The molecule has 1 aliphatic heterocycles. The smallest absolute Gasteiger partial charge is 0.385 e. The molecular weight excluding hydrogens is 514 g/mol. The summed E-state index contributed by atoms with van der Waals surface area (Å²) in [5.74, 6) is 0. The second-order valence-electron chi connectivity index (χ2n) is 5.86. The van der Waals surface area contributed by atoms with Crippen molar-refractivity contribution in [1.82, 2.24) is 9.55 Å². The molecule has 5 atom stereocenters. The Bertz CT molecular complexity index is 1160. The van der Waals surface area contributed by atoms with Crippen LogP contribution in [0.15, 0.2) is 21.9 Å². The number of H-pyrrole nitrogens is 1. The summed E-state index contributed by atoms with van der Waals surface area (Å²) < 4.78 is 50.8. The third kappa shape index (κ3) is 5.98. The van der Waals surface area contributed by atoms with Gasteiger partial charge < -0.3 is 29.4 Å². The van der Waals surface area contributed by atoms with Gasteiger partial charge in [-0.3, -0.25) is 18.9 Å². The molecule has 174 valence electrons. The lowest BCUT2D eigenvalue weighted by atomic mass is 9.96. The first-order valence-corrected chi connectivity index (χ1v) is 12.4. The predicted octanol–water partition coefficient (Wildman–Crippen LogP) is -1.58. The van der Waals surface area contributed by atoms with E-state index in [9.17, 15) is 38.5 Å². The average Bonchev–Trinajstić information content (AvgIpc) is 2.83. The molecule has 0 aromatic carbocycles. The van der Waals surface area contributed by atoms with Gasteiger partial charge in [0.05, 0.1) is 6.61 Å². The van der Waals surface area contributed by atoms with Crippen LogP contribution in [-0.2, 0) is 36.6 Å². The van der Waals surface area contributed by atoms with E-state index in [1.165, 1.54) is 6.07 Å². The third-order valence-corrected chi connectivity index (χ3v) is 7.95. The number of alkyl halides is 1. The Kier molecular flexibility index (Phi) is 7.24. The summed E-state index contributed by atoms with van der Waals surface area (Å²) in [6.45, 7) is -2.10. The van der Waals surface area contributed by atoms with E-state index in [1.807, 2.05) is 4.98 Å². The van der Waals surface area contributed by atoms with Crippen LogP contribution in [0, 0.1) is 11.3 Å². The molecule has 0 aliphatic carbocycles. The first-order valence-electron chi connectivity index (χ1n) is 7.48. The number of aromatic nitrogens is 2. The van der Waals surface area contributed by atoms with Gasteiger partial charge in [-0.2, -0.15) is 13.9 Å². The first-order chi connectivity index (χ1) is 14.0. The highest BCUT2D eigenvalue weighted by Crippen LogP contribution is 2.66. The van der Waals surface area contributed by atoms with Gasteiger partial charge in [-0.25, -0.2) is 18.5 Å². The Hall–Kier alpha value is -1.21. The number of hydrogen-bond acceptors (Lipinski definition) is 11. The van der Waals surface area contributed by atoms with Crippen molar-refractivity contribution in [3.05, 3.63) is 33.1 Å². The summed E-state index contributed by atoms with van der Waals surface area (Å²) in [6.07, 6.45) is -1.26. The molecule has 17 nitrogen and oxygen atoms in total. The highest BCUT2D eigenvalue weighted by molar-refractivity contribution is 7.66. The fourth-order valence-corrected chi connectivity index (χ4v) is 5.80. The van der Waals surface area contributed by atoms with Gasteiger partial charge in [0, 0.05) is 12.3 Å². The molecule has 6 N–H and O–H groups in total. The Morgan fingerprint density at radius 1 is 1.26 bits per heavy atom. The van der Waals surface area contributed by atoms with Crippen LogP contribution in [0.4, 0.5) is 0 Å². The molecule has 0 bridgehead atoms. The van der Waals surface area contributed by atoms with E-state index in [4.69, 9.17) is 31.0 Å². The van der Waals surface area contributed by atoms with Gasteiger partial charge in [0.25, 0.3) is 5.56 Å². The minimum atomic E-state index is -5.82. The zero-order valence-electron chi connectivity index (χ0n) is 14.7. The summed E-state index contributed by atoms with van der Waals surface area (Å²) in [4.78, 5) is 58.4. The Morgan fingerprint density at radius 3 is 2.39 bits per heavy atom. The van der Waals surface area contributed by atoms with Gasteiger partial charge in [0.1, 0.15) is 18.8 Å². The van der Waals surface area contributed by atoms with E-state index in [-0.39, 0.29) is 0 Å². The molecule has 21 heteroatoms. The lowest BCUT2D eigenvalue weighted by Crippen LogP contribution is -2.53. The maximum Gasteiger partial charge on any atom is 0.490 e. The third-order valence-electron chi connectivity index (χ3n) is 3.66. The molecule has 1 aromatic heterocycles. The number of nitrogens with zero attached hydrogens (tertiary/aromatic N) is 2. The van der Waals surface area contributed by atoms with E-state index < -0.39 is 64.6 Å². The topological polar surface area (TPSA) is 268 Å². The van der Waals surface area contributed by atoms with Crippen molar-refractivity contribution >= 4 is 35.1 Å². The van der Waals surface area contributed by atoms with Crippen molar-refractivity contribution < 1.29 is 56.3 Å². The molecule has 2 rings (SSSR count). The normalized spacial score (nSPS) is 30.3. The van der Waals surface area contributed by atoms with E-state index in [1.54, 1.807) is 0 Å². The number of phosphoric ester groups is 1. The number of halogens is 1. The second kappa shape index (κ2) is 8.62. The summed E-state index contributed by atoms with van der Waals surface area (Å²) in [7, 11) is -17.1. The number of ether oxygens (including phenoxy) is 1. The Balaban J connectivity index is 2.24. The van der Waals surface area contributed by atoms with Gasteiger partial charge in [-0.15, -0.1) is 0 Å².